The summed E-state index contributed by atoms with van der Waals surface area (Å²) in [5.41, 5.74) is 8.86. The summed E-state index contributed by atoms with van der Waals surface area (Å²) in [6, 6.07) is 23.5. The molecule has 15 heteroatoms. The molecule has 0 radical (unpaired) electrons. The normalized spacial score (nSPS) is 15.7. The molecular formula is C44H32ClN7O7. The van der Waals surface area contributed by atoms with Crippen molar-refractivity contribution in [3.05, 3.63) is 106 Å². The first-order valence-electron chi connectivity index (χ1n) is 19.0. The second-order valence-corrected chi connectivity index (χ2v) is 15.2. The molecule has 0 spiro atoms. The third-order valence-electron chi connectivity index (χ3n) is 11.4. The molecule has 0 bridgehead atoms. The van der Waals surface area contributed by atoms with E-state index in [1.54, 1.807) is 31.4 Å². The number of aromatic nitrogens is 6. The lowest BCUT2D eigenvalue weighted by atomic mass is 10.0. The van der Waals surface area contributed by atoms with E-state index in [2.05, 4.69) is 30.2 Å². The Morgan fingerprint density at radius 2 is 1.31 bits per heavy atom. The van der Waals surface area contributed by atoms with E-state index in [0.717, 1.165) is 81.1 Å². The van der Waals surface area contributed by atoms with E-state index < -0.39 is 11.9 Å². The Labute approximate surface area is 339 Å². The summed E-state index contributed by atoms with van der Waals surface area (Å²) >= 11 is 6.30. The summed E-state index contributed by atoms with van der Waals surface area (Å²) < 4.78 is 21.7. The molecule has 2 aliphatic rings. The van der Waals surface area contributed by atoms with E-state index in [-0.39, 0.29) is 41.9 Å². The zero-order chi connectivity index (χ0) is 40.4. The van der Waals surface area contributed by atoms with Gasteiger partial charge in [0.1, 0.15) is 17.6 Å². The van der Waals surface area contributed by atoms with Gasteiger partial charge in [-0.2, -0.15) is 15.2 Å². The molecule has 4 aromatic heterocycles. The lowest BCUT2D eigenvalue weighted by Crippen LogP contribution is -2.16. The summed E-state index contributed by atoms with van der Waals surface area (Å²) in [7, 11) is 1.55. The Morgan fingerprint density at radius 1 is 0.780 bits per heavy atom. The Bertz CT molecular complexity index is 3040. The number of nitrogens with one attached hydrogen (secondary N) is 2. The van der Waals surface area contributed by atoms with Crippen molar-refractivity contribution in [2.75, 3.05) is 7.11 Å². The molecule has 0 saturated carbocycles. The zero-order valence-electron chi connectivity index (χ0n) is 31.3. The molecule has 0 fully saturated rings. The van der Waals surface area contributed by atoms with Crippen LogP contribution in [0.1, 0.15) is 65.6 Å². The zero-order valence-corrected chi connectivity index (χ0v) is 32.1. The summed E-state index contributed by atoms with van der Waals surface area (Å²) in [5.74, 6) is 0.493. The Balaban J connectivity index is 0.789. The summed E-state index contributed by atoms with van der Waals surface area (Å²) in [5, 5.41) is 29.9. The van der Waals surface area contributed by atoms with Crippen LogP contribution in [0.3, 0.4) is 0 Å². The highest BCUT2D eigenvalue weighted by Crippen LogP contribution is 2.43. The third kappa shape index (κ3) is 6.45. The maximum absolute atomic E-state index is 13.2. The number of benzene rings is 4. The largest absolute Gasteiger partial charge is 0.507 e. The molecule has 59 heavy (non-hydrogen) atoms. The number of nitriles is 1. The maximum Gasteiger partial charge on any atom is 0.314 e. The summed E-state index contributed by atoms with van der Waals surface area (Å²) in [4.78, 5) is 42.5. The predicted molar refractivity (Wildman–Crippen MR) is 214 cm³/mol. The molecule has 0 amide bonds. The highest BCUT2D eigenvalue weighted by Gasteiger charge is 2.33. The van der Waals surface area contributed by atoms with E-state index in [9.17, 15) is 20.0 Å². The van der Waals surface area contributed by atoms with Gasteiger partial charge >= 0.3 is 11.9 Å². The molecule has 0 saturated heterocycles. The second-order valence-electron chi connectivity index (χ2n) is 14.8. The average molecular weight is 806 g/mol. The maximum atomic E-state index is 13.2. The number of fused-ring (bicyclic) bond motifs is 6. The minimum Gasteiger partial charge on any atom is -0.507 e. The number of hydrogen-bond donors (Lipinski definition) is 3. The van der Waals surface area contributed by atoms with Crippen LogP contribution in [0.2, 0.25) is 5.02 Å². The highest BCUT2D eigenvalue weighted by atomic mass is 35.5. The van der Waals surface area contributed by atoms with Gasteiger partial charge < -0.3 is 33.6 Å². The van der Waals surface area contributed by atoms with Crippen LogP contribution in [0.15, 0.2) is 81.8 Å². The molecule has 292 valence electrons. The van der Waals surface area contributed by atoms with Crippen molar-refractivity contribution in [1.82, 2.24) is 30.2 Å². The monoisotopic (exact) mass is 805 g/mol. The lowest BCUT2D eigenvalue weighted by molar-refractivity contribution is -0.160. The van der Waals surface area contributed by atoms with Crippen LogP contribution in [-0.4, -0.2) is 54.4 Å². The van der Waals surface area contributed by atoms with E-state index in [1.165, 1.54) is 12.1 Å². The fraction of sp³-hybridized carbons (Fsp3) is 0.205. The van der Waals surface area contributed by atoms with Gasteiger partial charge in [0.15, 0.2) is 0 Å². The fourth-order valence-corrected chi connectivity index (χ4v) is 8.73. The van der Waals surface area contributed by atoms with Crippen LogP contribution in [0, 0.1) is 11.3 Å². The van der Waals surface area contributed by atoms with E-state index in [1.807, 2.05) is 42.5 Å². The average Bonchev–Trinajstić information content (AvgIpc) is 4.10. The molecule has 3 N–H and O–H groups in total. The number of carbonyl (C=O) groups excluding carboxylic acids is 2. The fourth-order valence-electron chi connectivity index (χ4n) is 8.47. The van der Waals surface area contributed by atoms with Crippen molar-refractivity contribution < 1.29 is 33.2 Å². The number of aromatic hydroxyl groups is 1. The molecule has 10 rings (SSSR count). The van der Waals surface area contributed by atoms with Crippen molar-refractivity contribution in [2.45, 2.75) is 50.4 Å². The van der Waals surface area contributed by atoms with E-state index in [0.29, 0.717) is 39.4 Å². The van der Waals surface area contributed by atoms with Crippen molar-refractivity contribution >= 4 is 45.3 Å². The molecule has 4 aromatic carbocycles. The Kier molecular flexibility index (Phi) is 8.75. The van der Waals surface area contributed by atoms with Crippen LogP contribution in [0.5, 0.6) is 11.5 Å². The number of H-pyrrole nitrogens is 2. The minimum atomic E-state index is -0.545. The molecule has 2 unspecified atom stereocenters. The molecule has 14 nitrogen and oxygen atoms in total. The standard InChI is InChI=1S/C44H32ClN7O7/c1-56-36-13-7-26(17-32(36)45)44-50-42(52-59-44)24-5-11-34-31(16-24)29-9-3-22(40(29)48-34)19-38(55)57-37(54)18-21-2-8-28-30-15-23(4-10-33(30)47-39(21)28)41-49-43(58-51-41)25-6-12-35(53)27(14-25)20-46/h4-7,10-17,21-22,47-48,53H,2-3,8-9,18-19H2,1H3. The first-order valence-corrected chi connectivity index (χ1v) is 19.4. The number of carbonyl (C=O) groups is 2. The number of halogens is 1. The van der Waals surface area contributed by atoms with Crippen LogP contribution >= 0.6 is 11.6 Å². The number of ether oxygens (including phenoxy) is 2. The van der Waals surface area contributed by atoms with Gasteiger partial charge in [0.05, 0.1) is 30.5 Å². The number of aryl methyl sites for hydroxylation is 2. The second kappa shape index (κ2) is 14.3. The van der Waals surface area contributed by atoms with Crippen molar-refractivity contribution in [2.24, 2.45) is 0 Å². The topological polar surface area (TPSA) is 206 Å². The van der Waals surface area contributed by atoms with Crippen molar-refractivity contribution in [1.29, 1.82) is 5.26 Å². The molecule has 8 aromatic rings. The summed E-state index contributed by atoms with van der Waals surface area (Å²) in [6.45, 7) is 0. The summed E-state index contributed by atoms with van der Waals surface area (Å²) in [6.07, 6.45) is 3.19. The first kappa shape index (κ1) is 36.1. The number of methoxy groups -OCH3 is 1. The molecule has 0 aliphatic heterocycles. The van der Waals surface area contributed by atoms with Crippen molar-refractivity contribution in [3.63, 3.8) is 0 Å². The number of phenols is 1. The Morgan fingerprint density at radius 3 is 1.83 bits per heavy atom. The van der Waals surface area contributed by atoms with E-state index in [4.69, 9.17) is 30.1 Å². The van der Waals surface area contributed by atoms with Gasteiger partial charge in [-0.25, -0.2) is 0 Å². The van der Waals surface area contributed by atoms with Crippen LogP contribution in [0.4, 0.5) is 0 Å². The first-order chi connectivity index (χ1) is 28.7. The lowest BCUT2D eigenvalue weighted by Gasteiger charge is -2.11. The molecule has 4 heterocycles. The number of rotatable bonds is 9. The number of phenolic OH excluding ortho intramolecular Hbond substituents is 1. The molecule has 2 aliphatic carbocycles. The van der Waals surface area contributed by atoms with Crippen molar-refractivity contribution in [3.8, 4) is 63.3 Å². The molecular weight excluding hydrogens is 774 g/mol. The SMILES string of the molecule is COc1ccc(-c2nc(-c3ccc4[nH]c5c(c4c3)CCC5CC(=O)OC(=O)CC3CCc4c3[nH]c3ccc(-c5noc(-c6ccc(O)c(C#N)c6)n5)cc43)no2)cc1Cl. The van der Waals surface area contributed by atoms with Gasteiger partial charge in [-0.3, -0.25) is 9.59 Å². The highest BCUT2D eigenvalue weighted by molar-refractivity contribution is 6.32. The predicted octanol–water partition coefficient (Wildman–Crippen LogP) is 8.93. The molecule has 2 atom stereocenters. The van der Waals surface area contributed by atoms with Gasteiger partial charge in [0, 0.05) is 67.3 Å². The number of hydrogen-bond acceptors (Lipinski definition) is 12. The van der Waals surface area contributed by atoms with Gasteiger partial charge in [0.25, 0.3) is 11.8 Å². The quantitative estimate of drug-likeness (QED) is 0.0923. The van der Waals surface area contributed by atoms with Gasteiger partial charge in [-0.15, -0.1) is 0 Å². The smallest absolute Gasteiger partial charge is 0.314 e. The van der Waals surface area contributed by atoms with Gasteiger partial charge in [-0.05, 0) is 110 Å². The van der Waals surface area contributed by atoms with Crippen LogP contribution in [-0.2, 0) is 27.2 Å². The Hall–Kier alpha value is -7.24. The van der Waals surface area contributed by atoms with Gasteiger partial charge in [0.2, 0.25) is 11.6 Å². The van der Waals surface area contributed by atoms with Gasteiger partial charge in [-0.1, -0.05) is 21.9 Å². The van der Waals surface area contributed by atoms with Crippen LogP contribution in [0.25, 0.3) is 67.5 Å². The minimum absolute atomic E-state index is 0.0817. The third-order valence-corrected chi connectivity index (χ3v) is 11.7. The number of esters is 2. The van der Waals surface area contributed by atoms with E-state index >= 15 is 0 Å². The van der Waals surface area contributed by atoms with Crippen LogP contribution < -0.4 is 4.74 Å². The number of aromatic amines is 2. The number of nitrogens with zero attached hydrogens (tertiary/aromatic N) is 5.